The third kappa shape index (κ3) is 3.16. The SMILES string of the molecule is CCc1cc(NC(C)(CC)CO)ncn1. The molecule has 0 aliphatic carbocycles. The first kappa shape index (κ1) is 11.9. The van der Waals surface area contributed by atoms with E-state index in [-0.39, 0.29) is 12.1 Å². The summed E-state index contributed by atoms with van der Waals surface area (Å²) in [4.78, 5) is 8.26. The third-order valence-corrected chi connectivity index (χ3v) is 2.65. The van der Waals surface area contributed by atoms with Gasteiger partial charge in [-0.1, -0.05) is 13.8 Å². The van der Waals surface area contributed by atoms with Crippen molar-refractivity contribution in [2.45, 2.75) is 39.2 Å². The van der Waals surface area contributed by atoms with Gasteiger partial charge in [-0.2, -0.15) is 0 Å². The molecule has 0 aliphatic rings. The summed E-state index contributed by atoms with van der Waals surface area (Å²) in [7, 11) is 0. The van der Waals surface area contributed by atoms with Crippen LogP contribution in [0.1, 0.15) is 32.9 Å². The molecule has 4 heteroatoms. The quantitative estimate of drug-likeness (QED) is 0.773. The molecule has 0 fully saturated rings. The molecule has 15 heavy (non-hydrogen) atoms. The molecule has 1 atom stereocenters. The molecule has 0 aliphatic heterocycles. The van der Waals surface area contributed by atoms with Crippen LogP contribution in [0.15, 0.2) is 12.4 Å². The largest absolute Gasteiger partial charge is 0.394 e. The van der Waals surface area contributed by atoms with Crippen LogP contribution in [0.25, 0.3) is 0 Å². The van der Waals surface area contributed by atoms with E-state index in [1.807, 2.05) is 19.9 Å². The van der Waals surface area contributed by atoms with Gasteiger partial charge in [-0.3, -0.25) is 0 Å². The molecule has 0 saturated heterocycles. The van der Waals surface area contributed by atoms with Crippen LogP contribution >= 0.6 is 0 Å². The number of rotatable bonds is 5. The monoisotopic (exact) mass is 209 g/mol. The van der Waals surface area contributed by atoms with Gasteiger partial charge in [0.2, 0.25) is 0 Å². The standard InChI is InChI=1S/C11H19N3O/c1-4-9-6-10(13-8-12-9)14-11(3,5-2)7-15/h6,8,15H,4-5,7H2,1-3H3,(H,12,13,14). The number of aromatic nitrogens is 2. The molecule has 0 saturated carbocycles. The van der Waals surface area contributed by atoms with E-state index >= 15 is 0 Å². The van der Waals surface area contributed by atoms with E-state index in [9.17, 15) is 5.11 Å². The predicted octanol–water partition coefficient (Wildman–Crippen LogP) is 1.61. The molecular formula is C11H19N3O. The van der Waals surface area contributed by atoms with Crippen LogP contribution in [0.5, 0.6) is 0 Å². The van der Waals surface area contributed by atoms with Gasteiger partial charge in [-0.05, 0) is 19.8 Å². The van der Waals surface area contributed by atoms with Gasteiger partial charge in [0, 0.05) is 11.8 Å². The lowest BCUT2D eigenvalue weighted by Crippen LogP contribution is -2.38. The number of hydrogen-bond acceptors (Lipinski definition) is 4. The van der Waals surface area contributed by atoms with Gasteiger partial charge in [0.1, 0.15) is 12.1 Å². The average Bonchev–Trinajstić information content (AvgIpc) is 2.29. The van der Waals surface area contributed by atoms with Crippen LogP contribution in [0.2, 0.25) is 0 Å². The van der Waals surface area contributed by atoms with E-state index in [4.69, 9.17) is 0 Å². The summed E-state index contributed by atoms with van der Waals surface area (Å²) in [6, 6.07) is 1.92. The summed E-state index contributed by atoms with van der Waals surface area (Å²) in [5.41, 5.74) is 0.697. The summed E-state index contributed by atoms with van der Waals surface area (Å²) in [5, 5.41) is 12.5. The highest BCUT2D eigenvalue weighted by atomic mass is 16.3. The molecule has 84 valence electrons. The van der Waals surface area contributed by atoms with Gasteiger partial charge in [0.15, 0.2) is 0 Å². The Morgan fingerprint density at radius 1 is 1.40 bits per heavy atom. The lowest BCUT2D eigenvalue weighted by atomic mass is 10.0. The van der Waals surface area contributed by atoms with Gasteiger partial charge in [-0.25, -0.2) is 9.97 Å². The predicted molar refractivity (Wildman–Crippen MR) is 60.8 cm³/mol. The smallest absolute Gasteiger partial charge is 0.130 e. The summed E-state index contributed by atoms with van der Waals surface area (Å²) in [6.45, 7) is 6.15. The zero-order chi connectivity index (χ0) is 11.3. The number of aliphatic hydroxyl groups excluding tert-OH is 1. The highest BCUT2D eigenvalue weighted by molar-refractivity contribution is 5.37. The molecule has 1 rings (SSSR count). The van der Waals surface area contributed by atoms with Crippen LogP contribution < -0.4 is 5.32 Å². The minimum atomic E-state index is -0.306. The fraction of sp³-hybridized carbons (Fsp3) is 0.636. The normalized spacial score (nSPS) is 14.7. The molecule has 1 unspecified atom stereocenters. The van der Waals surface area contributed by atoms with Crippen LogP contribution in [-0.4, -0.2) is 27.2 Å². The van der Waals surface area contributed by atoms with Crippen LogP contribution in [0.3, 0.4) is 0 Å². The average molecular weight is 209 g/mol. The Morgan fingerprint density at radius 3 is 2.67 bits per heavy atom. The molecule has 1 aromatic rings. The van der Waals surface area contributed by atoms with Crippen molar-refractivity contribution in [1.82, 2.24) is 9.97 Å². The highest BCUT2D eigenvalue weighted by Gasteiger charge is 2.20. The van der Waals surface area contributed by atoms with E-state index in [1.54, 1.807) is 6.33 Å². The Kier molecular flexibility index (Phi) is 4.03. The maximum atomic E-state index is 9.27. The van der Waals surface area contributed by atoms with Crippen molar-refractivity contribution in [3.8, 4) is 0 Å². The topological polar surface area (TPSA) is 58.0 Å². The summed E-state index contributed by atoms with van der Waals surface area (Å²) < 4.78 is 0. The molecule has 1 aromatic heterocycles. The zero-order valence-electron chi connectivity index (χ0n) is 9.62. The third-order valence-electron chi connectivity index (χ3n) is 2.65. The second-order valence-corrected chi connectivity index (χ2v) is 3.95. The van der Waals surface area contributed by atoms with Crippen LogP contribution in [0.4, 0.5) is 5.82 Å². The number of anilines is 1. The second kappa shape index (κ2) is 5.07. The van der Waals surface area contributed by atoms with Gasteiger partial charge in [0.05, 0.1) is 12.1 Å². The number of aryl methyl sites for hydroxylation is 1. The Bertz CT molecular complexity index is 310. The first-order valence-electron chi connectivity index (χ1n) is 5.33. The molecule has 1 heterocycles. The lowest BCUT2D eigenvalue weighted by Gasteiger charge is -2.27. The number of nitrogens with zero attached hydrogens (tertiary/aromatic N) is 2. The maximum absolute atomic E-state index is 9.27. The van der Waals surface area contributed by atoms with E-state index in [0.717, 1.165) is 24.4 Å². The molecule has 4 nitrogen and oxygen atoms in total. The highest BCUT2D eigenvalue weighted by Crippen LogP contribution is 2.16. The van der Waals surface area contributed by atoms with E-state index in [1.165, 1.54) is 0 Å². The molecule has 0 amide bonds. The summed E-state index contributed by atoms with van der Waals surface area (Å²) in [6.07, 6.45) is 3.28. The first-order valence-corrected chi connectivity index (χ1v) is 5.33. The molecular weight excluding hydrogens is 190 g/mol. The lowest BCUT2D eigenvalue weighted by molar-refractivity contribution is 0.218. The number of hydrogen-bond donors (Lipinski definition) is 2. The first-order chi connectivity index (χ1) is 7.13. The van der Waals surface area contributed by atoms with E-state index in [0.29, 0.717) is 0 Å². The molecule has 0 bridgehead atoms. The Hall–Kier alpha value is -1.16. The van der Waals surface area contributed by atoms with Crippen LogP contribution in [-0.2, 0) is 6.42 Å². The molecule has 0 spiro atoms. The van der Waals surface area contributed by atoms with Crippen molar-refractivity contribution < 1.29 is 5.11 Å². The molecule has 0 aromatic carbocycles. The van der Waals surface area contributed by atoms with Gasteiger partial charge in [-0.15, -0.1) is 0 Å². The Morgan fingerprint density at radius 2 is 2.13 bits per heavy atom. The minimum absolute atomic E-state index is 0.0922. The van der Waals surface area contributed by atoms with Gasteiger partial charge < -0.3 is 10.4 Å². The van der Waals surface area contributed by atoms with Crippen molar-refractivity contribution in [3.63, 3.8) is 0 Å². The van der Waals surface area contributed by atoms with Crippen molar-refractivity contribution in [1.29, 1.82) is 0 Å². The Labute approximate surface area is 90.8 Å². The minimum Gasteiger partial charge on any atom is -0.394 e. The molecule has 2 N–H and O–H groups in total. The van der Waals surface area contributed by atoms with Crippen LogP contribution in [0, 0.1) is 0 Å². The van der Waals surface area contributed by atoms with Gasteiger partial charge in [0.25, 0.3) is 0 Å². The van der Waals surface area contributed by atoms with Crippen molar-refractivity contribution in [2.75, 3.05) is 11.9 Å². The number of aliphatic hydroxyl groups is 1. The van der Waals surface area contributed by atoms with E-state index < -0.39 is 0 Å². The summed E-state index contributed by atoms with van der Waals surface area (Å²) >= 11 is 0. The summed E-state index contributed by atoms with van der Waals surface area (Å²) in [5.74, 6) is 0.778. The fourth-order valence-corrected chi connectivity index (χ4v) is 1.21. The van der Waals surface area contributed by atoms with Crippen molar-refractivity contribution in [3.05, 3.63) is 18.1 Å². The molecule has 0 radical (unpaired) electrons. The van der Waals surface area contributed by atoms with Crippen molar-refractivity contribution >= 4 is 5.82 Å². The van der Waals surface area contributed by atoms with E-state index in [2.05, 4.69) is 22.2 Å². The fourth-order valence-electron chi connectivity index (χ4n) is 1.21. The Balaban J connectivity index is 2.79. The van der Waals surface area contributed by atoms with Gasteiger partial charge >= 0.3 is 0 Å². The zero-order valence-corrected chi connectivity index (χ0v) is 9.62. The van der Waals surface area contributed by atoms with Crippen molar-refractivity contribution in [2.24, 2.45) is 0 Å². The number of nitrogens with one attached hydrogen (secondary N) is 1. The second-order valence-electron chi connectivity index (χ2n) is 3.95. The maximum Gasteiger partial charge on any atom is 0.130 e.